The smallest absolute Gasteiger partial charge is 0.233 e. The van der Waals surface area contributed by atoms with Gasteiger partial charge in [-0.3, -0.25) is 14.5 Å². The Morgan fingerprint density at radius 2 is 1.74 bits per heavy atom. The van der Waals surface area contributed by atoms with Crippen molar-refractivity contribution in [2.45, 2.75) is 32.4 Å². The summed E-state index contributed by atoms with van der Waals surface area (Å²) in [6, 6.07) is 7.78. The Balaban J connectivity index is 1.79. The molecule has 100 valence electrons. The molecular weight excluding hydrogens is 240 g/mol. The number of carbonyl (C=O) groups is 2. The molecule has 2 N–H and O–H groups in total. The van der Waals surface area contributed by atoms with E-state index in [0.717, 1.165) is 30.4 Å². The molecule has 0 bridgehead atoms. The van der Waals surface area contributed by atoms with E-state index in [0.29, 0.717) is 13.1 Å². The van der Waals surface area contributed by atoms with Gasteiger partial charge >= 0.3 is 0 Å². The number of nitrogens with zero attached hydrogens (tertiary/aromatic N) is 1. The molecule has 3 rings (SSSR count). The monoisotopic (exact) mass is 258 g/mol. The van der Waals surface area contributed by atoms with E-state index in [9.17, 15) is 9.59 Å². The highest BCUT2D eigenvalue weighted by Gasteiger charge is 2.49. The summed E-state index contributed by atoms with van der Waals surface area (Å²) in [5, 5.41) is 0. The molecule has 1 heterocycles. The van der Waals surface area contributed by atoms with Gasteiger partial charge in [-0.15, -0.1) is 0 Å². The first-order valence-electron chi connectivity index (χ1n) is 6.84. The summed E-state index contributed by atoms with van der Waals surface area (Å²) in [6.45, 7) is 0.861. The Morgan fingerprint density at radius 3 is 2.37 bits per heavy atom. The molecule has 1 aliphatic carbocycles. The lowest BCUT2D eigenvalue weighted by molar-refractivity contribution is -0.141. The van der Waals surface area contributed by atoms with Gasteiger partial charge in [0.2, 0.25) is 11.8 Å². The van der Waals surface area contributed by atoms with Gasteiger partial charge in [0, 0.05) is 6.54 Å². The van der Waals surface area contributed by atoms with Gasteiger partial charge in [-0.2, -0.15) is 0 Å². The van der Waals surface area contributed by atoms with Crippen molar-refractivity contribution < 1.29 is 9.59 Å². The minimum Gasteiger partial charge on any atom is -0.326 e. The lowest BCUT2D eigenvalue weighted by Gasteiger charge is -2.16. The van der Waals surface area contributed by atoms with Crippen molar-refractivity contribution in [2.24, 2.45) is 17.6 Å². The van der Waals surface area contributed by atoms with Gasteiger partial charge in [0.1, 0.15) is 0 Å². The number of fused-ring (bicyclic) bond motifs is 1. The van der Waals surface area contributed by atoms with Crippen molar-refractivity contribution in [1.29, 1.82) is 0 Å². The van der Waals surface area contributed by atoms with Gasteiger partial charge < -0.3 is 5.73 Å². The van der Waals surface area contributed by atoms with Crippen LogP contribution in [0.3, 0.4) is 0 Å². The third kappa shape index (κ3) is 2.06. The van der Waals surface area contributed by atoms with E-state index in [2.05, 4.69) is 0 Å². The molecule has 1 aromatic carbocycles. The predicted molar refractivity (Wildman–Crippen MR) is 70.7 cm³/mol. The second kappa shape index (κ2) is 4.78. The topological polar surface area (TPSA) is 63.4 Å². The minimum atomic E-state index is -0.0507. The van der Waals surface area contributed by atoms with Crippen molar-refractivity contribution in [2.75, 3.05) is 0 Å². The first-order chi connectivity index (χ1) is 9.20. The van der Waals surface area contributed by atoms with Gasteiger partial charge in [-0.05, 0) is 24.0 Å². The van der Waals surface area contributed by atoms with Crippen LogP contribution < -0.4 is 5.73 Å². The van der Waals surface area contributed by atoms with Crippen molar-refractivity contribution in [1.82, 2.24) is 4.90 Å². The summed E-state index contributed by atoms with van der Waals surface area (Å²) < 4.78 is 0. The van der Waals surface area contributed by atoms with E-state index in [4.69, 9.17) is 5.73 Å². The number of benzene rings is 1. The van der Waals surface area contributed by atoms with Crippen LogP contribution in [0.4, 0.5) is 0 Å². The number of hydrogen-bond acceptors (Lipinski definition) is 3. The normalized spacial score (nSPS) is 26.1. The summed E-state index contributed by atoms with van der Waals surface area (Å²) in [7, 11) is 0. The number of likely N-dealkylation sites (tertiary alicyclic amines) is 1. The van der Waals surface area contributed by atoms with Crippen LogP contribution in [0.2, 0.25) is 0 Å². The van der Waals surface area contributed by atoms with Gasteiger partial charge in [0.25, 0.3) is 0 Å². The standard InChI is InChI=1S/C15H18N2O2/c16-8-10-3-1-4-11(7-10)9-17-14(18)12-5-2-6-13(12)15(17)19/h1,3-4,7,12-13H,2,5-6,8-9,16H2. The zero-order valence-electron chi connectivity index (χ0n) is 10.8. The maximum Gasteiger partial charge on any atom is 0.233 e. The van der Waals surface area contributed by atoms with E-state index in [1.807, 2.05) is 24.3 Å². The van der Waals surface area contributed by atoms with Gasteiger partial charge in [-0.1, -0.05) is 30.7 Å². The molecule has 0 spiro atoms. The van der Waals surface area contributed by atoms with E-state index in [1.54, 1.807) is 0 Å². The highest BCUT2D eigenvalue weighted by molar-refractivity contribution is 6.05. The second-order valence-corrected chi connectivity index (χ2v) is 5.43. The largest absolute Gasteiger partial charge is 0.326 e. The third-order valence-corrected chi connectivity index (χ3v) is 4.25. The molecule has 1 saturated carbocycles. The first kappa shape index (κ1) is 12.4. The van der Waals surface area contributed by atoms with Crippen LogP contribution in [0.15, 0.2) is 24.3 Å². The molecule has 0 aromatic heterocycles. The SMILES string of the molecule is NCc1cccc(CN2C(=O)C3CCCC3C2=O)c1. The van der Waals surface area contributed by atoms with Crippen LogP contribution >= 0.6 is 0 Å². The van der Waals surface area contributed by atoms with Crippen LogP contribution in [0.5, 0.6) is 0 Å². The van der Waals surface area contributed by atoms with Crippen molar-refractivity contribution in [3.8, 4) is 0 Å². The molecule has 0 radical (unpaired) electrons. The van der Waals surface area contributed by atoms with Crippen molar-refractivity contribution in [3.63, 3.8) is 0 Å². The second-order valence-electron chi connectivity index (χ2n) is 5.43. The summed E-state index contributed by atoms with van der Waals surface area (Å²) in [5.74, 6) is -0.0633. The number of imide groups is 1. The average molecular weight is 258 g/mol. The Bertz CT molecular complexity index is 505. The lowest BCUT2D eigenvalue weighted by atomic mass is 10.00. The molecule has 1 saturated heterocycles. The highest BCUT2D eigenvalue weighted by atomic mass is 16.2. The van der Waals surface area contributed by atoms with Crippen LogP contribution in [0, 0.1) is 11.8 Å². The minimum absolute atomic E-state index is 0.0191. The summed E-state index contributed by atoms with van der Waals surface area (Å²) >= 11 is 0. The van der Waals surface area contributed by atoms with E-state index < -0.39 is 0 Å². The maximum atomic E-state index is 12.2. The molecule has 2 unspecified atom stereocenters. The highest BCUT2D eigenvalue weighted by Crippen LogP contribution is 2.40. The quantitative estimate of drug-likeness (QED) is 0.834. The van der Waals surface area contributed by atoms with E-state index >= 15 is 0 Å². The number of amides is 2. The Kier molecular flexibility index (Phi) is 3.11. The fraction of sp³-hybridized carbons (Fsp3) is 0.467. The molecule has 2 atom stereocenters. The van der Waals surface area contributed by atoms with Gasteiger partial charge in [0.15, 0.2) is 0 Å². The van der Waals surface area contributed by atoms with Crippen LogP contribution in [-0.4, -0.2) is 16.7 Å². The Labute approximate surface area is 112 Å². The number of carbonyl (C=O) groups excluding carboxylic acids is 2. The summed E-state index contributed by atoms with van der Waals surface area (Å²) in [5.41, 5.74) is 7.61. The van der Waals surface area contributed by atoms with Crippen molar-refractivity contribution in [3.05, 3.63) is 35.4 Å². The summed E-state index contributed by atoms with van der Waals surface area (Å²) in [4.78, 5) is 25.9. The fourth-order valence-electron chi connectivity index (χ4n) is 3.25. The number of rotatable bonds is 3. The maximum absolute atomic E-state index is 12.2. The number of hydrogen-bond donors (Lipinski definition) is 1. The van der Waals surface area contributed by atoms with Crippen LogP contribution in [0.25, 0.3) is 0 Å². The zero-order valence-corrected chi connectivity index (χ0v) is 10.8. The molecule has 2 fully saturated rings. The van der Waals surface area contributed by atoms with E-state index in [-0.39, 0.29) is 23.7 Å². The molecule has 1 aromatic rings. The average Bonchev–Trinajstić information content (AvgIpc) is 2.99. The lowest BCUT2D eigenvalue weighted by Crippen LogP contribution is -2.31. The molecule has 1 aliphatic heterocycles. The Morgan fingerprint density at radius 1 is 1.11 bits per heavy atom. The molecule has 2 aliphatic rings. The summed E-state index contributed by atoms with van der Waals surface area (Å²) in [6.07, 6.45) is 2.74. The Hall–Kier alpha value is -1.68. The molecule has 4 heteroatoms. The van der Waals surface area contributed by atoms with Crippen molar-refractivity contribution >= 4 is 11.8 Å². The third-order valence-electron chi connectivity index (χ3n) is 4.25. The van der Waals surface area contributed by atoms with E-state index in [1.165, 1.54) is 4.90 Å². The van der Waals surface area contributed by atoms with Crippen LogP contribution in [-0.2, 0) is 22.7 Å². The molecule has 2 amide bonds. The van der Waals surface area contributed by atoms with Crippen LogP contribution in [0.1, 0.15) is 30.4 Å². The zero-order chi connectivity index (χ0) is 13.4. The van der Waals surface area contributed by atoms with Gasteiger partial charge in [0.05, 0.1) is 18.4 Å². The molecule has 4 nitrogen and oxygen atoms in total. The fourth-order valence-corrected chi connectivity index (χ4v) is 3.25. The number of nitrogens with two attached hydrogens (primary N) is 1. The molecule has 19 heavy (non-hydrogen) atoms. The predicted octanol–water partition coefficient (Wildman–Crippen LogP) is 1.43. The first-order valence-corrected chi connectivity index (χ1v) is 6.84. The van der Waals surface area contributed by atoms with Gasteiger partial charge in [-0.25, -0.2) is 0 Å². The molecular formula is C15H18N2O2.